The van der Waals surface area contributed by atoms with E-state index in [1.165, 1.54) is 0 Å². The van der Waals surface area contributed by atoms with Crippen molar-refractivity contribution < 1.29 is 13.2 Å². The summed E-state index contributed by atoms with van der Waals surface area (Å²) in [6.07, 6.45) is 0.869. The second-order valence-electron chi connectivity index (χ2n) is 5.74. The number of carbonyl (C=O) groups is 1. The zero-order chi connectivity index (χ0) is 16.2. The van der Waals surface area contributed by atoms with Gasteiger partial charge in [-0.3, -0.25) is 4.79 Å². The van der Waals surface area contributed by atoms with Crippen LogP contribution in [0, 0.1) is 5.92 Å². The number of benzene rings is 1. The number of anilines is 2. The van der Waals surface area contributed by atoms with Crippen molar-refractivity contribution in [1.82, 2.24) is 0 Å². The molecule has 1 amide bonds. The van der Waals surface area contributed by atoms with E-state index in [0.717, 1.165) is 24.5 Å². The first kappa shape index (κ1) is 16.8. The van der Waals surface area contributed by atoms with Gasteiger partial charge in [-0.05, 0) is 50.5 Å². The van der Waals surface area contributed by atoms with E-state index < -0.39 is 9.84 Å². The van der Waals surface area contributed by atoms with Crippen LogP contribution in [0.2, 0.25) is 0 Å². The minimum atomic E-state index is -2.92. The van der Waals surface area contributed by atoms with Crippen LogP contribution in [0.25, 0.3) is 0 Å². The summed E-state index contributed by atoms with van der Waals surface area (Å²) in [7, 11) is -2.92. The summed E-state index contributed by atoms with van der Waals surface area (Å²) in [5.74, 6) is 0.197. The molecule has 5 nitrogen and oxygen atoms in total. The highest BCUT2D eigenvalue weighted by atomic mass is 32.2. The second kappa shape index (κ2) is 7.13. The third kappa shape index (κ3) is 4.47. The van der Waals surface area contributed by atoms with Crippen molar-refractivity contribution in [2.75, 3.05) is 34.8 Å². The van der Waals surface area contributed by atoms with Crippen molar-refractivity contribution in [3.05, 3.63) is 24.3 Å². The standard InChI is InChI=1S/C16H24N2O3S/c1-3-18(4-2)15-7-5-14(6-8-15)17-16(19)11-13-9-10-22(20,21)12-13/h5-8,13H,3-4,9-12H2,1-2H3,(H,17,19). The third-order valence-corrected chi connectivity index (χ3v) is 5.92. The van der Waals surface area contributed by atoms with Crippen LogP contribution in [-0.4, -0.2) is 38.9 Å². The molecular weight excluding hydrogens is 300 g/mol. The van der Waals surface area contributed by atoms with Crippen LogP contribution in [0.5, 0.6) is 0 Å². The number of hydrogen-bond donors (Lipinski definition) is 1. The molecule has 1 atom stereocenters. The van der Waals surface area contributed by atoms with Gasteiger partial charge in [0.05, 0.1) is 11.5 Å². The van der Waals surface area contributed by atoms with Gasteiger partial charge >= 0.3 is 0 Å². The highest BCUT2D eigenvalue weighted by molar-refractivity contribution is 7.91. The van der Waals surface area contributed by atoms with Crippen molar-refractivity contribution in [2.45, 2.75) is 26.7 Å². The lowest BCUT2D eigenvalue weighted by Crippen LogP contribution is -2.21. The van der Waals surface area contributed by atoms with Gasteiger partial charge in [-0.1, -0.05) is 0 Å². The van der Waals surface area contributed by atoms with Crippen molar-refractivity contribution in [1.29, 1.82) is 0 Å². The highest BCUT2D eigenvalue weighted by Gasteiger charge is 2.29. The highest BCUT2D eigenvalue weighted by Crippen LogP contribution is 2.23. The molecule has 1 aromatic carbocycles. The lowest BCUT2D eigenvalue weighted by molar-refractivity contribution is -0.116. The molecule has 0 radical (unpaired) electrons. The molecule has 0 spiro atoms. The summed E-state index contributed by atoms with van der Waals surface area (Å²) in [5.41, 5.74) is 1.88. The van der Waals surface area contributed by atoms with E-state index in [-0.39, 0.29) is 29.8 Å². The molecule has 1 aliphatic rings. The molecule has 1 unspecified atom stereocenters. The average molecular weight is 324 g/mol. The first-order valence-electron chi connectivity index (χ1n) is 7.78. The van der Waals surface area contributed by atoms with Gasteiger partial charge in [0.1, 0.15) is 0 Å². The van der Waals surface area contributed by atoms with Crippen LogP contribution in [0.3, 0.4) is 0 Å². The van der Waals surface area contributed by atoms with E-state index in [1.54, 1.807) is 0 Å². The zero-order valence-electron chi connectivity index (χ0n) is 13.2. The molecule has 1 N–H and O–H groups in total. The molecule has 0 saturated carbocycles. The topological polar surface area (TPSA) is 66.5 Å². The van der Waals surface area contributed by atoms with E-state index in [9.17, 15) is 13.2 Å². The number of amides is 1. The van der Waals surface area contributed by atoms with Crippen molar-refractivity contribution in [2.24, 2.45) is 5.92 Å². The first-order chi connectivity index (χ1) is 10.4. The summed E-state index contributed by atoms with van der Waals surface area (Å²) >= 11 is 0. The molecule has 1 aromatic rings. The molecule has 0 aliphatic carbocycles. The molecule has 0 aromatic heterocycles. The summed E-state index contributed by atoms with van der Waals surface area (Å²) in [6.45, 7) is 6.10. The van der Waals surface area contributed by atoms with Gasteiger partial charge in [-0.2, -0.15) is 0 Å². The number of nitrogens with one attached hydrogen (secondary N) is 1. The second-order valence-corrected chi connectivity index (χ2v) is 7.97. The largest absolute Gasteiger partial charge is 0.372 e. The number of sulfone groups is 1. The molecule has 1 saturated heterocycles. The van der Waals surface area contributed by atoms with Gasteiger partial charge in [0, 0.05) is 30.9 Å². The maximum absolute atomic E-state index is 12.0. The molecule has 22 heavy (non-hydrogen) atoms. The lowest BCUT2D eigenvalue weighted by atomic mass is 10.1. The van der Waals surface area contributed by atoms with Crippen LogP contribution in [-0.2, 0) is 14.6 Å². The zero-order valence-corrected chi connectivity index (χ0v) is 14.0. The smallest absolute Gasteiger partial charge is 0.224 e. The van der Waals surface area contributed by atoms with E-state index in [2.05, 4.69) is 24.1 Å². The van der Waals surface area contributed by atoms with Crippen LogP contribution >= 0.6 is 0 Å². The van der Waals surface area contributed by atoms with E-state index >= 15 is 0 Å². The Kier molecular flexibility index (Phi) is 5.45. The van der Waals surface area contributed by atoms with Crippen molar-refractivity contribution >= 4 is 27.1 Å². The average Bonchev–Trinajstić information content (AvgIpc) is 2.81. The Morgan fingerprint density at radius 2 is 1.86 bits per heavy atom. The van der Waals surface area contributed by atoms with Crippen molar-refractivity contribution in [3.63, 3.8) is 0 Å². The van der Waals surface area contributed by atoms with E-state index in [1.807, 2.05) is 24.3 Å². The fourth-order valence-electron chi connectivity index (χ4n) is 2.85. The number of hydrogen-bond acceptors (Lipinski definition) is 4. The number of carbonyl (C=O) groups excluding carboxylic acids is 1. The van der Waals surface area contributed by atoms with Gasteiger partial charge in [-0.15, -0.1) is 0 Å². The Morgan fingerprint density at radius 3 is 2.36 bits per heavy atom. The molecule has 1 heterocycles. The molecule has 1 aliphatic heterocycles. The third-order valence-electron chi connectivity index (χ3n) is 4.08. The molecule has 0 bridgehead atoms. The minimum Gasteiger partial charge on any atom is -0.372 e. The van der Waals surface area contributed by atoms with Gasteiger partial charge < -0.3 is 10.2 Å². The molecule has 1 fully saturated rings. The molecular formula is C16H24N2O3S. The van der Waals surface area contributed by atoms with Crippen LogP contribution < -0.4 is 10.2 Å². The normalized spacial score (nSPS) is 19.8. The van der Waals surface area contributed by atoms with Gasteiger partial charge in [0.15, 0.2) is 9.84 Å². The van der Waals surface area contributed by atoms with Gasteiger partial charge in [0.25, 0.3) is 0 Å². The maximum Gasteiger partial charge on any atom is 0.224 e. The van der Waals surface area contributed by atoms with Crippen molar-refractivity contribution in [3.8, 4) is 0 Å². The fourth-order valence-corrected chi connectivity index (χ4v) is 4.71. The molecule has 6 heteroatoms. The number of rotatable bonds is 6. The molecule has 122 valence electrons. The lowest BCUT2D eigenvalue weighted by Gasteiger charge is -2.21. The predicted octanol–water partition coefficient (Wildman–Crippen LogP) is 2.30. The van der Waals surface area contributed by atoms with Crippen LogP contribution in [0.15, 0.2) is 24.3 Å². The predicted molar refractivity (Wildman–Crippen MR) is 90.0 cm³/mol. The minimum absolute atomic E-state index is 0.0417. The van der Waals surface area contributed by atoms with E-state index in [4.69, 9.17) is 0 Å². The maximum atomic E-state index is 12.0. The Bertz CT molecular complexity index is 607. The fraction of sp³-hybridized carbons (Fsp3) is 0.562. The van der Waals surface area contributed by atoms with E-state index in [0.29, 0.717) is 6.42 Å². The summed E-state index contributed by atoms with van der Waals surface area (Å²) < 4.78 is 22.8. The quantitative estimate of drug-likeness (QED) is 0.872. The van der Waals surface area contributed by atoms with Gasteiger partial charge in [0.2, 0.25) is 5.91 Å². The van der Waals surface area contributed by atoms with Crippen LogP contribution in [0.1, 0.15) is 26.7 Å². The Hall–Kier alpha value is -1.56. The molecule has 2 rings (SSSR count). The summed E-state index contributed by atoms with van der Waals surface area (Å²) in [6, 6.07) is 7.75. The summed E-state index contributed by atoms with van der Waals surface area (Å²) in [5, 5.41) is 2.85. The van der Waals surface area contributed by atoms with Gasteiger partial charge in [-0.25, -0.2) is 8.42 Å². The first-order valence-corrected chi connectivity index (χ1v) is 9.61. The Balaban J connectivity index is 1.89. The van der Waals surface area contributed by atoms with Crippen LogP contribution in [0.4, 0.5) is 11.4 Å². The Labute approximate surface area is 132 Å². The number of nitrogens with zero attached hydrogens (tertiary/aromatic N) is 1. The SMILES string of the molecule is CCN(CC)c1ccc(NC(=O)CC2CCS(=O)(=O)C2)cc1. The Morgan fingerprint density at radius 1 is 1.23 bits per heavy atom. The monoisotopic (exact) mass is 324 g/mol. The summed E-state index contributed by atoms with van der Waals surface area (Å²) in [4.78, 5) is 14.2.